The Morgan fingerprint density at radius 2 is 1.96 bits per heavy atom. The normalized spacial score (nSPS) is 27.2. The third kappa shape index (κ3) is 4.01. The molecule has 0 radical (unpaired) electrons. The van der Waals surface area contributed by atoms with Crippen LogP contribution in [0.4, 0.5) is 5.69 Å². The van der Waals surface area contributed by atoms with Gasteiger partial charge in [0.05, 0.1) is 11.4 Å². The van der Waals surface area contributed by atoms with Crippen LogP contribution in [0.5, 0.6) is 0 Å². The Bertz CT molecular complexity index is 697. The lowest BCUT2D eigenvalue weighted by molar-refractivity contribution is -0.115. The number of halogens is 1. The quantitative estimate of drug-likeness (QED) is 0.695. The van der Waals surface area contributed by atoms with Gasteiger partial charge in [-0.2, -0.15) is 5.10 Å². The second-order valence-electron chi connectivity index (χ2n) is 7.40. The molecule has 1 aromatic carbocycles. The van der Waals surface area contributed by atoms with Gasteiger partial charge in [-0.1, -0.05) is 44.1 Å². The van der Waals surface area contributed by atoms with E-state index in [9.17, 15) is 4.79 Å². The first-order valence-electron chi connectivity index (χ1n) is 8.19. The van der Waals surface area contributed by atoms with Crippen molar-refractivity contribution in [2.24, 2.45) is 21.5 Å². The standard InChI is InChI=1S/C18H22ClN3OS/c1-12-8-14(10-18(2,3)9-12)20-21-17-22(16(23)11-24-17)15-6-4-13(19)5-7-15/h4-7,12H,8-11H2,1-3H3/b20-14+,21-17-. The average Bonchev–Trinajstić information content (AvgIpc) is 2.85. The van der Waals surface area contributed by atoms with Crippen LogP contribution in [0.2, 0.25) is 5.02 Å². The lowest BCUT2D eigenvalue weighted by Crippen LogP contribution is -2.29. The second-order valence-corrected chi connectivity index (χ2v) is 8.78. The van der Waals surface area contributed by atoms with Crippen LogP contribution >= 0.6 is 23.4 Å². The monoisotopic (exact) mass is 363 g/mol. The maximum atomic E-state index is 12.2. The summed E-state index contributed by atoms with van der Waals surface area (Å²) in [6.07, 6.45) is 3.17. The number of benzene rings is 1. The van der Waals surface area contributed by atoms with Crippen molar-refractivity contribution in [2.75, 3.05) is 10.7 Å². The first-order valence-corrected chi connectivity index (χ1v) is 9.55. The number of amides is 1. The summed E-state index contributed by atoms with van der Waals surface area (Å²) in [5.74, 6) is 1.05. The van der Waals surface area contributed by atoms with E-state index < -0.39 is 0 Å². The Kier molecular flexibility index (Phi) is 5.02. The van der Waals surface area contributed by atoms with Gasteiger partial charge >= 0.3 is 0 Å². The Balaban J connectivity index is 1.84. The van der Waals surface area contributed by atoms with Crippen molar-refractivity contribution in [1.29, 1.82) is 0 Å². The molecule has 3 rings (SSSR count). The zero-order valence-corrected chi connectivity index (χ0v) is 15.8. The minimum absolute atomic E-state index is 0.0265. The number of hydrogen-bond acceptors (Lipinski definition) is 4. The third-order valence-electron chi connectivity index (χ3n) is 4.29. The predicted molar refractivity (Wildman–Crippen MR) is 103 cm³/mol. The Morgan fingerprint density at radius 3 is 2.62 bits per heavy atom. The average molecular weight is 364 g/mol. The van der Waals surface area contributed by atoms with Crippen molar-refractivity contribution in [1.82, 2.24) is 0 Å². The van der Waals surface area contributed by atoms with Gasteiger partial charge in [0.25, 0.3) is 0 Å². The summed E-state index contributed by atoms with van der Waals surface area (Å²) in [6, 6.07) is 7.23. The topological polar surface area (TPSA) is 45.0 Å². The molecule has 24 heavy (non-hydrogen) atoms. The number of carbonyl (C=O) groups is 1. The van der Waals surface area contributed by atoms with Gasteiger partial charge in [-0.3, -0.25) is 9.69 Å². The molecule has 128 valence electrons. The predicted octanol–water partition coefficient (Wildman–Crippen LogP) is 4.98. The molecule has 1 aliphatic heterocycles. The highest BCUT2D eigenvalue weighted by Crippen LogP contribution is 2.37. The molecular formula is C18H22ClN3OS. The minimum atomic E-state index is 0.0265. The van der Waals surface area contributed by atoms with E-state index >= 15 is 0 Å². The molecule has 6 heteroatoms. The maximum Gasteiger partial charge on any atom is 0.243 e. The fourth-order valence-corrected chi connectivity index (χ4v) is 4.53. The summed E-state index contributed by atoms with van der Waals surface area (Å²) in [7, 11) is 0. The zero-order valence-electron chi connectivity index (χ0n) is 14.3. The van der Waals surface area contributed by atoms with Crippen LogP contribution < -0.4 is 4.90 Å². The Hall–Kier alpha value is -1.33. The van der Waals surface area contributed by atoms with Gasteiger partial charge in [0.1, 0.15) is 0 Å². The van der Waals surface area contributed by atoms with E-state index in [2.05, 4.69) is 31.0 Å². The van der Waals surface area contributed by atoms with Crippen molar-refractivity contribution >= 4 is 45.8 Å². The third-order valence-corrected chi connectivity index (χ3v) is 5.46. The van der Waals surface area contributed by atoms with Crippen molar-refractivity contribution in [3.63, 3.8) is 0 Å². The van der Waals surface area contributed by atoms with Crippen LogP contribution in [-0.4, -0.2) is 22.5 Å². The van der Waals surface area contributed by atoms with E-state index in [4.69, 9.17) is 11.6 Å². The molecule has 1 saturated heterocycles. The van der Waals surface area contributed by atoms with Crippen molar-refractivity contribution in [3.8, 4) is 0 Å². The minimum Gasteiger partial charge on any atom is -0.273 e. The maximum absolute atomic E-state index is 12.2. The molecule has 0 aromatic heterocycles. The Morgan fingerprint density at radius 1 is 1.25 bits per heavy atom. The molecule has 4 nitrogen and oxygen atoms in total. The van der Waals surface area contributed by atoms with Crippen molar-refractivity contribution in [2.45, 2.75) is 40.0 Å². The largest absolute Gasteiger partial charge is 0.273 e. The highest BCUT2D eigenvalue weighted by atomic mass is 35.5. The fraction of sp³-hybridized carbons (Fsp3) is 0.500. The molecule has 0 bridgehead atoms. The van der Waals surface area contributed by atoms with E-state index in [1.54, 1.807) is 17.0 Å². The summed E-state index contributed by atoms with van der Waals surface area (Å²) < 4.78 is 0. The first-order chi connectivity index (χ1) is 11.3. The number of carbonyl (C=O) groups excluding carboxylic acids is 1. The van der Waals surface area contributed by atoms with E-state index in [0.717, 1.165) is 24.2 Å². The molecule has 1 amide bonds. The molecule has 2 aliphatic rings. The molecule has 1 aliphatic carbocycles. The second kappa shape index (κ2) is 6.89. The fourth-order valence-electron chi connectivity index (χ4n) is 3.58. The summed E-state index contributed by atoms with van der Waals surface area (Å²) in [5, 5.41) is 10.2. The number of hydrogen-bond donors (Lipinski definition) is 0. The van der Waals surface area contributed by atoms with Crippen molar-refractivity contribution < 1.29 is 4.79 Å². The Labute approximate surface area is 152 Å². The van der Waals surface area contributed by atoms with E-state index in [0.29, 0.717) is 21.9 Å². The highest BCUT2D eigenvalue weighted by Gasteiger charge is 2.31. The van der Waals surface area contributed by atoms with Gasteiger partial charge in [-0.25, -0.2) is 0 Å². The van der Waals surface area contributed by atoms with Crippen LogP contribution in [-0.2, 0) is 4.79 Å². The molecule has 2 fully saturated rings. The summed E-state index contributed by atoms with van der Waals surface area (Å²) in [6.45, 7) is 6.82. The number of amidine groups is 1. The van der Waals surface area contributed by atoms with Gasteiger partial charge < -0.3 is 0 Å². The number of nitrogens with zero attached hydrogens (tertiary/aromatic N) is 3. The molecule has 1 saturated carbocycles. The van der Waals surface area contributed by atoms with Crippen LogP contribution in [0, 0.1) is 11.3 Å². The summed E-state index contributed by atoms with van der Waals surface area (Å²) in [4.78, 5) is 13.8. The number of anilines is 1. The molecule has 0 spiro atoms. The molecule has 1 heterocycles. The molecule has 0 N–H and O–H groups in total. The van der Waals surface area contributed by atoms with Gasteiger partial charge in [0.2, 0.25) is 5.91 Å². The van der Waals surface area contributed by atoms with E-state index in [1.807, 2.05) is 12.1 Å². The lowest BCUT2D eigenvalue weighted by atomic mass is 9.72. The number of thioether (sulfide) groups is 1. The van der Waals surface area contributed by atoms with Gasteiger partial charge in [-0.15, -0.1) is 5.10 Å². The highest BCUT2D eigenvalue weighted by molar-refractivity contribution is 8.15. The van der Waals surface area contributed by atoms with Crippen LogP contribution in [0.15, 0.2) is 34.5 Å². The lowest BCUT2D eigenvalue weighted by Gasteiger charge is -2.34. The summed E-state index contributed by atoms with van der Waals surface area (Å²) in [5.41, 5.74) is 2.18. The van der Waals surface area contributed by atoms with Crippen LogP contribution in [0.3, 0.4) is 0 Å². The zero-order chi connectivity index (χ0) is 17.3. The van der Waals surface area contributed by atoms with Gasteiger partial charge in [0, 0.05) is 10.7 Å². The molecule has 1 atom stereocenters. The van der Waals surface area contributed by atoms with Gasteiger partial charge in [0.15, 0.2) is 5.17 Å². The molecule has 1 aromatic rings. The number of rotatable bonds is 2. The first kappa shape index (κ1) is 17.5. The van der Waals surface area contributed by atoms with Crippen LogP contribution in [0.25, 0.3) is 0 Å². The smallest absolute Gasteiger partial charge is 0.243 e. The summed E-state index contributed by atoms with van der Waals surface area (Å²) >= 11 is 7.37. The SMILES string of the molecule is CC1C/C(=N\N=C2/SCC(=O)N2c2ccc(Cl)cc2)CC(C)(C)C1. The van der Waals surface area contributed by atoms with Crippen LogP contribution in [0.1, 0.15) is 40.0 Å². The van der Waals surface area contributed by atoms with Gasteiger partial charge in [-0.05, 0) is 54.9 Å². The van der Waals surface area contributed by atoms with E-state index in [-0.39, 0.29) is 11.3 Å². The van der Waals surface area contributed by atoms with Crippen molar-refractivity contribution in [3.05, 3.63) is 29.3 Å². The van der Waals surface area contributed by atoms with E-state index in [1.165, 1.54) is 18.2 Å². The molecule has 1 unspecified atom stereocenters. The molecular weight excluding hydrogens is 342 g/mol.